The second kappa shape index (κ2) is 5.32. The van der Waals surface area contributed by atoms with Crippen LogP contribution in [0.25, 0.3) is 0 Å². The summed E-state index contributed by atoms with van der Waals surface area (Å²) in [5.41, 5.74) is 2.51. The molecule has 0 saturated carbocycles. The second-order valence-corrected chi connectivity index (χ2v) is 4.66. The highest BCUT2D eigenvalue weighted by Crippen LogP contribution is 2.18. The van der Waals surface area contributed by atoms with E-state index in [4.69, 9.17) is 4.74 Å². The van der Waals surface area contributed by atoms with E-state index in [2.05, 4.69) is 19.2 Å². The number of nitrogens with one attached hydrogen (secondary N) is 1. The summed E-state index contributed by atoms with van der Waals surface area (Å²) in [6.07, 6.45) is 0.962. The van der Waals surface area contributed by atoms with Crippen molar-refractivity contribution in [1.29, 1.82) is 0 Å². The molecule has 0 fully saturated rings. The molecule has 0 radical (unpaired) electrons. The van der Waals surface area contributed by atoms with Gasteiger partial charge in [-0.05, 0) is 50.5 Å². The molecule has 1 aromatic carbocycles. The predicted octanol–water partition coefficient (Wildman–Crippen LogP) is 2.92. The first-order valence-electron chi connectivity index (χ1n) is 5.87. The fourth-order valence-corrected chi connectivity index (χ4v) is 1.50. The van der Waals surface area contributed by atoms with Crippen LogP contribution in [0.5, 0.6) is 0 Å². The summed E-state index contributed by atoms with van der Waals surface area (Å²) in [4.78, 5) is 11.9. The molecular weight excluding hydrogens is 214 g/mol. The van der Waals surface area contributed by atoms with Gasteiger partial charge in [0.25, 0.3) is 5.91 Å². The van der Waals surface area contributed by atoms with Crippen molar-refractivity contribution in [2.24, 2.45) is 0 Å². The molecule has 94 valence electrons. The summed E-state index contributed by atoms with van der Waals surface area (Å²) in [5, 5.41) is 2.87. The van der Waals surface area contributed by atoms with Crippen molar-refractivity contribution >= 4 is 11.6 Å². The molecule has 1 rings (SSSR count). The van der Waals surface area contributed by atoms with Crippen molar-refractivity contribution in [3.63, 3.8) is 0 Å². The van der Waals surface area contributed by atoms with Gasteiger partial charge < -0.3 is 10.1 Å². The topological polar surface area (TPSA) is 38.3 Å². The van der Waals surface area contributed by atoms with Crippen molar-refractivity contribution in [3.05, 3.63) is 29.3 Å². The van der Waals surface area contributed by atoms with E-state index in [1.807, 2.05) is 18.2 Å². The molecule has 0 bridgehead atoms. The van der Waals surface area contributed by atoms with Crippen LogP contribution in [0.2, 0.25) is 0 Å². The Hall–Kier alpha value is -1.35. The average Bonchev–Trinajstić information content (AvgIpc) is 2.31. The Morgan fingerprint density at radius 3 is 2.59 bits per heavy atom. The van der Waals surface area contributed by atoms with Crippen molar-refractivity contribution in [3.8, 4) is 0 Å². The molecule has 3 heteroatoms. The van der Waals surface area contributed by atoms with Gasteiger partial charge in [0.2, 0.25) is 0 Å². The van der Waals surface area contributed by atoms with E-state index in [-0.39, 0.29) is 5.91 Å². The Morgan fingerprint density at radius 2 is 2.06 bits per heavy atom. The quantitative estimate of drug-likeness (QED) is 0.871. The fourth-order valence-electron chi connectivity index (χ4n) is 1.50. The van der Waals surface area contributed by atoms with Crippen LogP contribution in [0.1, 0.15) is 31.9 Å². The van der Waals surface area contributed by atoms with Gasteiger partial charge in [0.1, 0.15) is 5.60 Å². The summed E-state index contributed by atoms with van der Waals surface area (Å²) in [5.74, 6) is -0.133. The summed E-state index contributed by atoms with van der Waals surface area (Å²) >= 11 is 0. The van der Waals surface area contributed by atoms with Crippen molar-refractivity contribution < 1.29 is 9.53 Å². The van der Waals surface area contributed by atoms with Gasteiger partial charge in [-0.3, -0.25) is 4.79 Å². The molecular formula is C14H21NO2. The zero-order valence-electron chi connectivity index (χ0n) is 11.3. The number of aryl methyl sites for hydroxylation is 2. The SMILES string of the molecule is CCc1cc(NC(=O)C(C)(C)OC)ccc1C. The van der Waals surface area contributed by atoms with Crippen LogP contribution in [-0.2, 0) is 16.0 Å². The Morgan fingerprint density at radius 1 is 1.41 bits per heavy atom. The van der Waals surface area contributed by atoms with E-state index in [9.17, 15) is 4.79 Å². The summed E-state index contributed by atoms with van der Waals surface area (Å²) < 4.78 is 5.14. The third-order valence-corrected chi connectivity index (χ3v) is 3.05. The lowest BCUT2D eigenvalue weighted by Crippen LogP contribution is -2.38. The van der Waals surface area contributed by atoms with Crippen molar-refractivity contribution in [2.75, 3.05) is 12.4 Å². The van der Waals surface area contributed by atoms with Crippen LogP contribution in [-0.4, -0.2) is 18.6 Å². The average molecular weight is 235 g/mol. The molecule has 0 aliphatic heterocycles. The molecule has 0 spiro atoms. The number of carbonyl (C=O) groups excluding carboxylic acids is 1. The number of benzene rings is 1. The second-order valence-electron chi connectivity index (χ2n) is 4.66. The number of hydrogen-bond acceptors (Lipinski definition) is 2. The lowest BCUT2D eigenvalue weighted by Gasteiger charge is -2.22. The smallest absolute Gasteiger partial charge is 0.256 e. The molecule has 17 heavy (non-hydrogen) atoms. The van der Waals surface area contributed by atoms with Gasteiger partial charge in [-0.15, -0.1) is 0 Å². The predicted molar refractivity (Wildman–Crippen MR) is 70.3 cm³/mol. The highest BCUT2D eigenvalue weighted by atomic mass is 16.5. The normalized spacial score (nSPS) is 11.4. The van der Waals surface area contributed by atoms with E-state index in [1.54, 1.807) is 13.8 Å². The standard InChI is InChI=1S/C14H21NO2/c1-6-11-9-12(8-7-10(11)2)15-13(16)14(3,4)17-5/h7-9H,6H2,1-5H3,(H,15,16). The van der Waals surface area contributed by atoms with Gasteiger partial charge in [0.15, 0.2) is 0 Å². The van der Waals surface area contributed by atoms with Crippen LogP contribution in [0, 0.1) is 6.92 Å². The number of ether oxygens (including phenoxy) is 1. The maximum Gasteiger partial charge on any atom is 0.256 e. The largest absolute Gasteiger partial charge is 0.369 e. The zero-order valence-corrected chi connectivity index (χ0v) is 11.3. The summed E-state index contributed by atoms with van der Waals surface area (Å²) in [7, 11) is 1.53. The molecule has 0 atom stereocenters. The molecule has 0 aliphatic rings. The van der Waals surface area contributed by atoms with Crippen LogP contribution >= 0.6 is 0 Å². The minimum Gasteiger partial charge on any atom is -0.369 e. The zero-order chi connectivity index (χ0) is 13.1. The van der Waals surface area contributed by atoms with Gasteiger partial charge in [-0.2, -0.15) is 0 Å². The van der Waals surface area contributed by atoms with Crippen molar-refractivity contribution in [2.45, 2.75) is 39.7 Å². The summed E-state index contributed by atoms with van der Waals surface area (Å²) in [6.45, 7) is 7.67. The molecule has 0 saturated heterocycles. The van der Waals surface area contributed by atoms with Gasteiger partial charge in [0.05, 0.1) is 0 Å². The molecule has 0 unspecified atom stereocenters. The molecule has 3 nitrogen and oxygen atoms in total. The van der Waals surface area contributed by atoms with E-state index < -0.39 is 5.60 Å². The Balaban J connectivity index is 2.86. The lowest BCUT2D eigenvalue weighted by atomic mass is 10.0. The van der Waals surface area contributed by atoms with Crippen LogP contribution in [0.3, 0.4) is 0 Å². The van der Waals surface area contributed by atoms with Crippen LogP contribution in [0.4, 0.5) is 5.69 Å². The third kappa shape index (κ3) is 3.30. The van der Waals surface area contributed by atoms with Crippen molar-refractivity contribution in [1.82, 2.24) is 0 Å². The first-order valence-corrected chi connectivity index (χ1v) is 5.87. The Labute approximate surface area is 103 Å². The molecule has 1 aromatic rings. The van der Waals surface area contributed by atoms with Gasteiger partial charge >= 0.3 is 0 Å². The molecule has 0 aromatic heterocycles. The van der Waals surface area contributed by atoms with Gasteiger partial charge in [-0.1, -0.05) is 13.0 Å². The molecule has 0 aliphatic carbocycles. The first-order chi connectivity index (χ1) is 7.90. The number of rotatable bonds is 4. The number of hydrogen-bond donors (Lipinski definition) is 1. The lowest BCUT2D eigenvalue weighted by molar-refractivity contribution is -0.133. The van der Waals surface area contributed by atoms with E-state index in [0.29, 0.717) is 0 Å². The minimum absolute atomic E-state index is 0.133. The monoisotopic (exact) mass is 235 g/mol. The van der Waals surface area contributed by atoms with Gasteiger partial charge in [-0.25, -0.2) is 0 Å². The summed E-state index contributed by atoms with van der Waals surface area (Å²) in [6, 6.07) is 5.95. The highest BCUT2D eigenvalue weighted by Gasteiger charge is 2.26. The molecule has 1 N–H and O–H groups in total. The van der Waals surface area contributed by atoms with Crippen LogP contribution in [0.15, 0.2) is 18.2 Å². The molecule has 0 heterocycles. The maximum atomic E-state index is 11.9. The number of methoxy groups -OCH3 is 1. The van der Waals surface area contributed by atoms with Crippen LogP contribution < -0.4 is 5.32 Å². The Bertz CT molecular complexity index is 411. The fraction of sp³-hybridized carbons (Fsp3) is 0.500. The molecule has 1 amide bonds. The highest BCUT2D eigenvalue weighted by molar-refractivity contribution is 5.96. The third-order valence-electron chi connectivity index (χ3n) is 3.05. The van der Waals surface area contributed by atoms with E-state index >= 15 is 0 Å². The maximum absolute atomic E-state index is 11.9. The van der Waals surface area contributed by atoms with E-state index in [0.717, 1.165) is 12.1 Å². The van der Waals surface area contributed by atoms with Gasteiger partial charge in [0, 0.05) is 12.8 Å². The minimum atomic E-state index is -0.808. The Kier molecular flexibility index (Phi) is 4.29. The number of anilines is 1. The van der Waals surface area contributed by atoms with E-state index in [1.165, 1.54) is 18.2 Å². The number of carbonyl (C=O) groups is 1. The number of amides is 1. The first kappa shape index (κ1) is 13.7.